The quantitative estimate of drug-likeness (QED) is 0.622. The van der Waals surface area contributed by atoms with Crippen LogP contribution in [0, 0.1) is 6.92 Å². The number of methoxy groups -OCH3 is 1. The van der Waals surface area contributed by atoms with Gasteiger partial charge in [-0.3, -0.25) is 4.98 Å². The maximum absolute atomic E-state index is 11.7. The molecule has 0 fully saturated rings. The molecule has 0 radical (unpaired) electrons. The SMILES string of the molecule is COC(=O)c1ccc(Cl)c(Nc2cc(C)nc(NCc3ccccn3)n2)c1. The van der Waals surface area contributed by atoms with Crippen molar-refractivity contribution >= 4 is 35.0 Å². The molecule has 0 aliphatic heterocycles. The van der Waals surface area contributed by atoms with E-state index in [-0.39, 0.29) is 0 Å². The molecule has 0 aliphatic carbocycles. The first kappa shape index (κ1) is 18.6. The highest BCUT2D eigenvalue weighted by atomic mass is 35.5. The molecule has 138 valence electrons. The van der Waals surface area contributed by atoms with Gasteiger partial charge in [0, 0.05) is 18.0 Å². The van der Waals surface area contributed by atoms with Gasteiger partial charge in [0.25, 0.3) is 0 Å². The van der Waals surface area contributed by atoms with E-state index in [0.29, 0.717) is 34.6 Å². The molecule has 0 unspecified atom stereocenters. The molecule has 0 bridgehead atoms. The van der Waals surface area contributed by atoms with Crippen LogP contribution in [0.4, 0.5) is 17.5 Å². The Morgan fingerprint density at radius 2 is 2.04 bits per heavy atom. The Balaban J connectivity index is 1.79. The highest BCUT2D eigenvalue weighted by Gasteiger charge is 2.10. The molecule has 2 N–H and O–H groups in total. The zero-order chi connectivity index (χ0) is 19.2. The van der Waals surface area contributed by atoms with Gasteiger partial charge in [-0.1, -0.05) is 17.7 Å². The fourth-order valence-electron chi connectivity index (χ4n) is 2.39. The first-order valence-electron chi connectivity index (χ1n) is 8.19. The van der Waals surface area contributed by atoms with E-state index in [1.165, 1.54) is 7.11 Å². The van der Waals surface area contributed by atoms with Crippen LogP contribution >= 0.6 is 11.6 Å². The topological polar surface area (TPSA) is 89.0 Å². The summed E-state index contributed by atoms with van der Waals surface area (Å²) in [6.07, 6.45) is 1.73. The van der Waals surface area contributed by atoms with Gasteiger partial charge in [0.2, 0.25) is 5.95 Å². The second-order valence-corrected chi connectivity index (χ2v) is 6.11. The van der Waals surface area contributed by atoms with E-state index in [2.05, 4.69) is 25.6 Å². The molecule has 7 nitrogen and oxygen atoms in total. The van der Waals surface area contributed by atoms with Crippen molar-refractivity contribution < 1.29 is 9.53 Å². The highest BCUT2D eigenvalue weighted by molar-refractivity contribution is 6.33. The van der Waals surface area contributed by atoms with Crippen molar-refractivity contribution in [3.8, 4) is 0 Å². The van der Waals surface area contributed by atoms with Gasteiger partial charge in [-0.25, -0.2) is 9.78 Å². The number of aryl methyl sites for hydroxylation is 1. The van der Waals surface area contributed by atoms with Gasteiger partial charge >= 0.3 is 5.97 Å². The number of hydrogen-bond acceptors (Lipinski definition) is 7. The van der Waals surface area contributed by atoms with Crippen LogP contribution in [0.25, 0.3) is 0 Å². The molecule has 8 heteroatoms. The Bertz CT molecular complexity index is 950. The Labute approximate surface area is 161 Å². The van der Waals surface area contributed by atoms with Crippen molar-refractivity contribution in [2.45, 2.75) is 13.5 Å². The Hall–Kier alpha value is -3.19. The lowest BCUT2D eigenvalue weighted by atomic mass is 10.2. The van der Waals surface area contributed by atoms with E-state index < -0.39 is 5.97 Å². The first-order chi connectivity index (χ1) is 13.0. The molecular weight excluding hydrogens is 366 g/mol. The van der Waals surface area contributed by atoms with Crippen molar-refractivity contribution in [1.29, 1.82) is 0 Å². The molecule has 1 aromatic carbocycles. The second-order valence-electron chi connectivity index (χ2n) is 5.70. The number of ether oxygens (including phenoxy) is 1. The summed E-state index contributed by atoms with van der Waals surface area (Å²) in [7, 11) is 1.33. The summed E-state index contributed by atoms with van der Waals surface area (Å²) < 4.78 is 4.74. The van der Waals surface area contributed by atoms with E-state index >= 15 is 0 Å². The number of hydrogen-bond donors (Lipinski definition) is 2. The van der Waals surface area contributed by atoms with Crippen molar-refractivity contribution in [2.24, 2.45) is 0 Å². The number of nitrogens with one attached hydrogen (secondary N) is 2. The molecule has 0 aliphatic rings. The number of pyridine rings is 1. The molecule has 3 rings (SSSR count). The lowest BCUT2D eigenvalue weighted by molar-refractivity contribution is 0.0601. The zero-order valence-electron chi connectivity index (χ0n) is 14.9. The molecule has 27 heavy (non-hydrogen) atoms. The van der Waals surface area contributed by atoms with Crippen LogP contribution in [-0.4, -0.2) is 28.0 Å². The van der Waals surface area contributed by atoms with Gasteiger partial charge in [0.05, 0.1) is 35.6 Å². The van der Waals surface area contributed by atoms with E-state index in [9.17, 15) is 4.79 Å². The number of anilines is 3. The predicted octanol–water partition coefficient (Wildman–Crippen LogP) is 3.98. The third kappa shape index (κ3) is 4.92. The average molecular weight is 384 g/mol. The molecule has 0 saturated carbocycles. The van der Waals surface area contributed by atoms with E-state index in [1.807, 2.05) is 25.1 Å². The molecule has 0 spiro atoms. The van der Waals surface area contributed by atoms with Gasteiger partial charge in [-0.15, -0.1) is 0 Å². The highest BCUT2D eigenvalue weighted by Crippen LogP contribution is 2.27. The molecule has 0 saturated heterocycles. The number of rotatable bonds is 6. The summed E-state index contributed by atoms with van der Waals surface area (Å²) in [6.45, 7) is 2.37. The first-order valence-corrected chi connectivity index (χ1v) is 8.57. The Kier molecular flexibility index (Phi) is 5.83. The fraction of sp³-hybridized carbons (Fsp3) is 0.158. The van der Waals surface area contributed by atoms with Crippen LogP contribution in [0.2, 0.25) is 5.02 Å². The smallest absolute Gasteiger partial charge is 0.337 e. The maximum Gasteiger partial charge on any atom is 0.337 e. The number of aromatic nitrogens is 3. The molecule has 0 atom stereocenters. The van der Waals surface area contributed by atoms with Crippen LogP contribution in [0.5, 0.6) is 0 Å². The molecular formula is C19H18ClN5O2. The van der Waals surface area contributed by atoms with Crippen LogP contribution in [0.1, 0.15) is 21.7 Å². The number of halogens is 1. The third-order valence-corrected chi connectivity index (χ3v) is 3.99. The van der Waals surface area contributed by atoms with Gasteiger partial charge in [0.1, 0.15) is 5.82 Å². The largest absolute Gasteiger partial charge is 0.465 e. The lowest BCUT2D eigenvalue weighted by Gasteiger charge is -2.12. The normalized spacial score (nSPS) is 10.3. The minimum Gasteiger partial charge on any atom is -0.465 e. The summed E-state index contributed by atoms with van der Waals surface area (Å²) in [5.41, 5.74) is 2.60. The van der Waals surface area contributed by atoms with E-state index in [1.54, 1.807) is 30.5 Å². The zero-order valence-corrected chi connectivity index (χ0v) is 15.6. The Morgan fingerprint density at radius 3 is 2.78 bits per heavy atom. The van der Waals surface area contributed by atoms with Crippen LogP contribution in [0.15, 0.2) is 48.7 Å². The monoisotopic (exact) mass is 383 g/mol. The van der Waals surface area contributed by atoms with Crippen molar-refractivity contribution in [1.82, 2.24) is 15.0 Å². The minimum absolute atomic E-state index is 0.392. The number of carbonyl (C=O) groups is 1. The second kappa shape index (κ2) is 8.46. The average Bonchev–Trinajstić information content (AvgIpc) is 2.68. The fourth-order valence-corrected chi connectivity index (χ4v) is 2.55. The summed E-state index contributed by atoms with van der Waals surface area (Å²) >= 11 is 6.23. The molecule has 0 amide bonds. The van der Waals surface area contributed by atoms with E-state index in [4.69, 9.17) is 16.3 Å². The number of nitrogens with zero attached hydrogens (tertiary/aromatic N) is 3. The predicted molar refractivity (Wildman–Crippen MR) is 104 cm³/mol. The van der Waals surface area contributed by atoms with Gasteiger partial charge in [-0.05, 0) is 37.3 Å². The van der Waals surface area contributed by atoms with Crippen molar-refractivity contribution in [2.75, 3.05) is 17.7 Å². The standard InChI is InChI=1S/C19H18ClN5O2/c1-12-9-17(24-16-10-13(18(26)27-2)6-7-15(16)20)25-19(23-12)22-11-14-5-3-4-8-21-14/h3-10H,11H2,1-2H3,(H2,22,23,24,25). The number of benzene rings is 1. The van der Waals surface area contributed by atoms with Crippen molar-refractivity contribution in [3.63, 3.8) is 0 Å². The van der Waals surface area contributed by atoms with Crippen LogP contribution in [-0.2, 0) is 11.3 Å². The lowest BCUT2D eigenvalue weighted by Crippen LogP contribution is -2.07. The summed E-state index contributed by atoms with van der Waals surface area (Å²) in [5.74, 6) is 0.574. The molecule has 2 aromatic heterocycles. The maximum atomic E-state index is 11.7. The number of esters is 1. The van der Waals surface area contributed by atoms with Crippen LogP contribution in [0.3, 0.4) is 0 Å². The molecule has 2 heterocycles. The molecule has 3 aromatic rings. The van der Waals surface area contributed by atoms with Gasteiger partial charge in [-0.2, -0.15) is 4.98 Å². The van der Waals surface area contributed by atoms with Gasteiger partial charge in [0.15, 0.2) is 0 Å². The van der Waals surface area contributed by atoms with Gasteiger partial charge < -0.3 is 15.4 Å². The Morgan fingerprint density at radius 1 is 1.19 bits per heavy atom. The van der Waals surface area contributed by atoms with Crippen molar-refractivity contribution in [3.05, 3.63) is 70.6 Å². The summed E-state index contributed by atoms with van der Waals surface area (Å²) in [4.78, 5) is 24.8. The van der Waals surface area contributed by atoms with E-state index in [0.717, 1.165) is 11.4 Å². The minimum atomic E-state index is -0.439. The summed E-state index contributed by atoms with van der Waals surface area (Å²) in [6, 6.07) is 12.3. The number of carbonyl (C=O) groups excluding carboxylic acids is 1. The van der Waals surface area contributed by atoms with Crippen LogP contribution < -0.4 is 10.6 Å². The summed E-state index contributed by atoms with van der Waals surface area (Å²) in [5, 5.41) is 6.73. The third-order valence-electron chi connectivity index (χ3n) is 3.66.